The van der Waals surface area contributed by atoms with Gasteiger partial charge in [-0.15, -0.1) is 11.3 Å². The number of carbonyl (C=O) groups is 3. The number of primary amides is 1. The third kappa shape index (κ3) is 4.54. The summed E-state index contributed by atoms with van der Waals surface area (Å²) >= 11 is 1.37. The number of nitrogens with one attached hydrogen (secondary N) is 1. The van der Waals surface area contributed by atoms with Crippen LogP contribution in [0.2, 0.25) is 0 Å². The predicted octanol–water partition coefficient (Wildman–Crippen LogP) is 3.01. The third-order valence-corrected chi connectivity index (χ3v) is 5.83. The van der Waals surface area contributed by atoms with Gasteiger partial charge in [-0.25, -0.2) is 0 Å². The number of hydrogen-bond donors (Lipinski definition) is 2. The van der Waals surface area contributed by atoms with Crippen molar-refractivity contribution < 1.29 is 19.1 Å². The van der Waals surface area contributed by atoms with Gasteiger partial charge in [0.2, 0.25) is 0 Å². The zero-order valence-corrected chi connectivity index (χ0v) is 15.9. The smallest absolute Gasteiger partial charge is 0.306 e. The van der Waals surface area contributed by atoms with Crippen LogP contribution in [0.5, 0.6) is 0 Å². The fourth-order valence-corrected chi connectivity index (χ4v) is 4.58. The van der Waals surface area contributed by atoms with Crippen molar-refractivity contribution >= 4 is 34.1 Å². The number of ether oxygens (including phenoxy) is 1. The topological polar surface area (TPSA) is 98.5 Å². The van der Waals surface area contributed by atoms with Crippen molar-refractivity contribution in [1.29, 1.82) is 0 Å². The summed E-state index contributed by atoms with van der Waals surface area (Å²) in [6.07, 6.45) is 2.87. The van der Waals surface area contributed by atoms with Gasteiger partial charge >= 0.3 is 5.97 Å². The van der Waals surface area contributed by atoms with Crippen LogP contribution >= 0.6 is 11.3 Å². The molecule has 1 aliphatic rings. The molecule has 0 spiro atoms. The lowest BCUT2D eigenvalue weighted by Gasteiger charge is -2.11. The molecule has 2 aromatic rings. The predicted molar refractivity (Wildman–Crippen MR) is 104 cm³/mol. The molecule has 1 heterocycles. The highest BCUT2D eigenvalue weighted by Crippen LogP contribution is 2.38. The number of benzene rings is 1. The number of carbonyl (C=O) groups excluding carboxylic acids is 3. The first-order chi connectivity index (χ1) is 13.0. The van der Waals surface area contributed by atoms with Crippen LogP contribution in [0.1, 0.15) is 52.0 Å². The maximum atomic E-state index is 12.1. The molecule has 0 aliphatic heterocycles. The van der Waals surface area contributed by atoms with Gasteiger partial charge in [-0.05, 0) is 36.3 Å². The lowest BCUT2D eigenvalue weighted by Crippen LogP contribution is -2.23. The highest BCUT2D eigenvalue weighted by atomic mass is 32.1. The van der Waals surface area contributed by atoms with Gasteiger partial charge in [0.25, 0.3) is 11.8 Å². The van der Waals surface area contributed by atoms with Gasteiger partial charge in [0.05, 0.1) is 12.0 Å². The van der Waals surface area contributed by atoms with E-state index in [0.717, 1.165) is 35.3 Å². The summed E-state index contributed by atoms with van der Waals surface area (Å²) in [6.45, 7) is 1.55. The lowest BCUT2D eigenvalue weighted by molar-refractivity contribution is -0.147. The number of hydrogen-bond acceptors (Lipinski definition) is 5. The van der Waals surface area contributed by atoms with Gasteiger partial charge in [-0.1, -0.05) is 37.3 Å². The van der Waals surface area contributed by atoms with Crippen LogP contribution in [0.25, 0.3) is 0 Å². The zero-order valence-electron chi connectivity index (χ0n) is 15.1. The minimum atomic E-state index is -0.543. The molecule has 142 valence electrons. The lowest BCUT2D eigenvalue weighted by atomic mass is 9.98. The van der Waals surface area contributed by atoms with Crippen LogP contribution in [0, 0.1) is 0 Å². The van der Waals surface area contributed by atoms with E-state index in [9.17, 15) is 14.4 Å². The zero-order chi connectivity index (χ0) is 19.4. The Kier molecular flexibility index (Phi) is 5.91. The van der Waals surface area contributed by atoms with Gasteiger partial charge in [-0.3, -0.25) is 14.4 Å². The van der Waals surface area contributed by atoms with Crippen molar-refractivity contribution in [3.8, 4) is 0 Å². The van der Waals surface area contributed by atoms with Gasteiger partial charge in [0.15, 0.2) is 6.61 Å². The van der Waals surface area contributed by atoms with E-state index in [4.69, 9.17) is 10.5 Å². The van der Waals surface area contributed by atoms with E-state index in [0.29, 0.717) is 10.6 Å². The molecular formula is C20H22N2O4S. The van der Waals surface area contributed by atoms with Crippen LogP contribution in [-0.4, -0.2) is 24.4 Å². The Morgan fingerprint density at radius 3 is 2.67 bits per heavy atom. The number of amides is 2. The SMILES string of the molecule is CC(CC(=O)OCC(=O)Nc1sc2c(c1C(N)=O)CCC2)c1ccccc1. The molecule has 0 fully saturated rings. The van der Waals surface area contributed by atoms with Gasteiger partial charge in [-0.2, -0.15) is 0 Å². The van der Waals surface area contributed by atoms with Gasteiger partial charge in [0, 0.05) is 4.88 Å². The molecule has 27 heavy (non-hydrogen) atoms. The van der Waals surface area contributed by atoms with E-state index in [-0.39, 0.29) is 18.9 Å². The monoisotopic (exact) mass is 386 g/mol. The Balaban J connectivity index is 1.53. The molecule has 3 rings (SSSR count). The summed E-state index contributed by atoms with van der Waals surface area (Å²) in [4.78, 5) is 37.0. The standard InChI is InChI=1S/C20H22N2O4S/c1-12(13-6-3-2-4-7-13)10-17(24)26-11-16(23)22-20-18(19(21)25)14-8-5-9-15(14)27-20/h2-4,6-7,12H,5,8-11H2,1H3,(H2,21,25)(H,22,23). The first kappa shape index (κ1) is 19.1. The van der Waals surface area contributed by atoms with Crippen LogP contribution in [0.3, 0.4) is 0 Å². The molecule has 1 aromatic carbocycles. The second kappa shape index (κ2) is 8.35. The van der Waals surface area contributed by atoms with Crippen LogP contribution in [0.4, 0.5) is 5.00 Å². The highest BCUT2D eigenvalue weighted by Gasteiger charge is 2.26. The van der Waals surface area contributed by atoms with E-state index in [2.05, 4.69) is 5.32 Å². The van der Waals surface area contributed by atoms with E-state index in [1.165, 1.54) is 11.3 Å². The average molecular weight is 386 g/mol. The average Bonchev–Trinajstić information content (AvgIpc) is 3.21. The molecule has 1 aliphatic carbocycles. The fourth-order valence-electron chi connectivity index (χ4n) is 3.27. The number of rotatable bonds is 7. The van der Waals surface area contributed by atoms with Gasteiger partial charge in [0.1, 0.15) is 5.00 Å². The van der Waals surface area contributed by atoms with E-state index in [1.807, 2.05) is 37.3 Å². The molecule has 0 saturated heterocycles. The van der Waals surface area contributed by atoms with Crippen molar-refractivity contribution in [3.05, 3.63) is 51.9 Å². The van der Waals surface area contributed by atoms with E-state index < -0.39 is 17.8 Å². The Labute approximate surface area is 161 Å². The Morgan fingerprint density at radius 1 is 1.22 bits per heavy atom. The maximum absolute atomic E-state index is 12.1. The number of anilines is 1. The molecule has 6 nitrogen and oxygen atoms in total. The summed E-state index contributed by atoms with van der Waals surface area (Å²) < 4.78 is 5.08. The van der Waals surface area contributed by atoms with Crippen molar-refractivity contribution in [2.24, 2.45) is 5.73 Å². The van der Waals surface area contributed by atoms with Crippen LogP contribution < -0.4 is 11.1 Å². The van der Waals surface area contributed by atoms with Crippen LogP contribution in [0.15, 0.2) is 30.3 Å². The second-order valence-electron chi connectivity index (χ2n) is 6.65. The normalized spacial score (nSPS) is 13.7. The second-order valence-corrected chi connectivity index (χ2v) is 7.76. The van der Waals surface area contributed by atoms with Crippen LogP contribution in [-0.2, 0) is 27.2 Å². The summed E-state index contributed by atoms with van der Waals surface area (Å²) in [7, 11) is 0. The molecule has 7 heteroatoms. The van der Waals surface area contributed by atoms with Crippen molar-refractivity contribution in [2.45, 2.75) is 38.5 Å². The number of nitrogens with two attached hydrogens (primary N) is 1. The minimum Gasteiger partial charge on any atom is -0.456 e. The molecule has 0 saturated carbocycles. The van der Waals surface area contributed by atoms with Crippen molar-refractivity contribution in [3.63, 3.8) is 0 Å². The molecule has 0 bridgehead atoms. The number of fused-ring (bicyclic) bond motifs is 1. The molecule has 3 N–H and O–H groups in total. The Bertz CT molecular complexity index is 860. The summed E-state index contributed by atoms with van der Waals surface area (Å²) in [5.74, 6) is -1.45. The highest BCUT2D eigenvalue weighted by molar-refractivity contribution is 7.17. The first-order valence-corrected chi connectivity index (χ1v) is 9.72. The summed E-state index contributed by atoms with van der Waals surface area (Å²) in [5, 5.41) is 3.11. The Hall–Kier alpha value is -2.67. The van der Waals surface area contributed by atoms with Gasteiger partial charge < -0.3 is 15.8 Å². The summed E-state index contributed by atoms with van der Waals surface area (Å²) in [5.41, 5.74) is 7.85. The first-order valence-electron chi connectivity index (χ1n) is 8.90. The summed E-state index contributed by atoms with van der Waals surface area (Å²) in [6, 6.07) is 9.65. The molecule has 0 radical (unpaired) electrons. The number of thiophene rings is 1. The van der Waals surface area contributed by atoms with Crippen molar-refractivity contribution in [2.75, 3.05) is 11.9 Å². The molecule has 2 amide bonds. The molecule has 1 atom stereocenters. The fraction of sp³-hybridized carbons (Fsp3) is 0.350. The molecule has 1 aromatic heterocycles. The number of esters is 1. The minimum absolute atomic E-state index is 0.00324. The molecule has 1 unspecified atom stereocenters. The van der Waals surface area contributed by atoms with Crippen molar-refractivity contribution in [1.82, 2.24) is 0 Å². The maximum Gasteiger partial charge on any atom is 0.306 e. The Morgan fingerprint density at radius 2 is 1.96 bits per heavy atom. The third-order valence-electron chi connectivity index (χ3n) is 4.63. The van der Waals surface area contributed by atoms with E-state index >= 15 is 0 Å². The number of aryl methyl sites for hydroxylation is 1. The largest absolute Gasteiger partial charge is 0.456 e. The quantitative estimate of drug-likeness (QED) is 0.715. The molecular weight excluding hydrogens is 364 g/mol. The van der Waals surface area contributed by atoms with E-state index in [1.54, 1.807) is 0 Å².